The summed E-state index contributed by atoms with van der Waals surface area (Å²) in [5.74, 6) is 0.597. The molecule has 1 heterocycles. The lowest BCUT2D eigenvalue weighted by Crippen LogP contribution is -2.01. The van der Waals surface area contributed by atoms with Crippen LogP contribution in [0.15, 0.2) is 58.2 Å². The molecule has 0 atom stereocenters. The number of ether oxygens (including phenoxy) is 1. The van der Waals surface area contributed by atoms with E-state index >= 15 is 0 Å². The maximum atomic E-state index is 13.7. The third-order valence-corrected chi connectivity index (χ3v) is 3.96. The van der Waals surface area contributed by atoms with Crippen LogP contribution in [0.1, 0.15) is 16.8 Å². The highest BCUT2D eigenvalue weighted by atomic mass is 79.9. The lowest BCUT2D eigenvalue weighted by atomic mass is 10.2. The molecular weight excluding hydrogens is 387 g/mol. The van der Waals surface area contributed by atoms with Gasteiger partial charge in [-0.15, -0.1) is 0 Å². The highest BCUT2D eigenvalue weighted by Gasteiger charge is 2.07. The van der Waals surface area contributed by atoms with Crippen LogP contribution in [0.2, 0.25) is 0 Å². The lowest BCUT2D eigenvalue weighted by Gasteiger charge is -2.10. The number of benzene rings is 2. The van der Waals surface area contributed by atoms with Crippen molar-refractivity contribution in [3.05, 3.63) is 75.8 Å². The topological polar surface area (TPSA) is 65.4 Å². The molecule has 3 aromatic rings. The second-order valence-electron chi connectivity index (χ2n) is 5.39. The number of nitrogens with zero attached hydrogens (tertiary/aromatic N) is 3. The minimum Gasteiger partial charge on any atom is -0.488 e. The van der Waals surface area contributed by atoms with Gasteiger partial charge in [0, 0.05) is 15.6 Å². The molecule has 25 heavy (non-hydrogen) atoms. The van der Waals surface area contributed by atoms with Crippen LogP contribution in [0.3, 0.4) is 0 Å². The van der Waals surface area contributed by atoms with Crippen molar-refractivity contribution < 1.29 is 9.13 Å². The minimum atomic E-state index is -0.295. The summed E-state index contributed by atoms with van der Waals surface area (Å²) < 4.78 is 21.9. The Balaban J connectivity index is 1.83. The molecule has 0 aliphatic carbocycles. The summed E-state index contributed by atoms with van der Waals surface area (Å²) in [6, 6.07) is 12.0. The summed E-state index contributed by atoms with van der Waals surface area (Å²) in [5, 5.41) is 4.30. The van der Waals surface area contributed by atoms with Gasteiger partial charge in [-0.1, -0.05) is 34.1 Å². The number of aryl methyl sites for hydroxylation is 1. The van der Waals surface area contributed by atoms with E-state index in [0.29, 0.717) is 17.3 Å². The second-order valence-corrected chi connectivity index (χ2v) is 6.31. The molecule has 0 radical (unpaired) electrons. The summed E-state index contributed by atoms with van der Waals surface area (Å²) >= 11 is 3.43. The minimum absolute atomic E-state index is 0.126. The summed E-state index contributed by atoms with van der Waals surface area (Å²) in [5.41, 5.74) is 7.78. The number of aromatic nitrogens is 2. The van der Waals surface area contributed by atoms with Crippen LogP contribution in [-0.2, 0) is 6.61 Å². The standard InChI is InChI=1S/C18H16BrFN4O/c1-12-10-24(18(21)23-12)22-9-14-8-15(19)6-7-17(14)25-11-13-4-2-3-5-16(13)20/h2-10H,11H2,1H3,(H2,21,23). The van der Waals surface area contributed by atoms with Crippen LogP contribution >= 0.6 is 15.9 Å². The third kappa shape index (κ3) is 4.24. The van der Waals surface area contributed by atoms with E-state index < -0.39 is 0 Å². The molecule has 0 spiro atoms. The predicted octanol–water partition coefficient (Wildman–Crippen LogP) is 4.14. The Labute approximate surface area is 153 Å². The van der Waals surface area contributed by atoms with Gasteiger partial charge in [0.2, 0.25) is 5.95 Å². The molecule has 2 N–H and O–H groups in total. The maximum Gasteiger partial charge on any atom is 0.221 e. The number of imidazole rings is 1. The van der Waals surface area contributed by atoms with Crippen molar-refractivity contribution in [2.45, 2.75) is 13.5 Å². The number of nitrogen functional groups attached to an aromatic ring is 1. The van der Waals surface area contributed by atoms with E-state index in [9.17, 15) is 4.39 Å². The average Bonchev–Trinajstić information content (AvgIpc) is 2.91. The number of anilines is 1. The van der Waals surface area contributed by atoms with Crippen molar-refractivity contribution in [1.29, 1.82) is 0 Å². The van der Waals surface area contributed by atoms with Crippen LogP contribution < -0.4 is 10.5 Å². The molecule has 7 heteroatoms. The predicted molar refractivity (Wildman–Crippen MR) is 99.2 cm³/mol. The molecule has 1 aromatic heterocycles. The van der Waals surface area contributed by atoms with E-state index in [1.54, 1.807) is 36.7 Å². The molecule has 5 nitrogen and oxygen atoms in total. The zero-order valence-electron chi connectivity index (χ0n) is 13.5. The Hall–Kier alpha value is -2.67. The molecule has 0 aliphatic heterocycles. The number of nitrogens with two attached hydrogens (primary N) is 1. The maximum absolute atomic E-state index is 13.7. The molecule has 0 aliphatic rings. The van der Waals surface area contributed by atoms with E-state index in [0.717, 1.165) is 15.7 Å². The van der Waals surface area contributed by atoms with Gasteiger partial charge in [0.15, 0.2) is 0 Å². The van der Waals surface area contributed by atoms with Crippen LogP contribution in [0, 0.1) is 12.7 Å². The quantitative estimate of drug-likeness (QED) is 0.652. The van der Waals surface area contributed by atoms with Crippen molar-refractivity contribution >= 4 is 28.1 Å². The van der Waals surface area contributed by atoms with Gasteiger partial charge in [0.05, 0.1) is 18.1 Å². The van der Waals surface area contributed by atoms with Crippen LogP contribution in [0.25, 0.3) is 0 Å². The Morgan fingerprint density at radius 2 is 2.12 bits per heavy atom. The normalized spacial score (nSPS) is 11.2. The zero-order valence-corrected chi connectivity index (χ0v) is 15.1. The van der Waals surface area contributed by atoms with Gasteiger partial charge in [-0.05, 0) is 31.2 Å². The fourth-order valence-electron chi connectivity index (χ4n) is 2.24. The third-order valence-electron chi connectivity index (χ3n) is 3.47. The van der Waals surface area contributed by atoms with E-state index in [1.807, 2.05) is 19.1 Å². The molecule has 0 fully saturated rings. The largest absolute Gasteiger partial charge is 0.488 e. The van der Waals surface area contributed by atoms with Gasteiger partial charge >= 0.3 is 0 Å². The molecule has 128 valence electrons. The number of halogens is 2. The molecule has 0 saturated carbocycles. The molecular formula is C18H16BrFN4O. The monoisotopic (exact) mass is 402 g/mol. The Bertz CT molecular complexity index is 923. The van der Waals surface area contributed by atoms with Crippen LogP contribution in [0.5, 0.6) is 5.75 Å². The first-order valence-corrected chi connectivity index (χ1v) is 8.34. The Kier molecular flexibility index (Phi) is 5.14. The van der Waals surface area contributed by atoms with Gasteiger partial charge < -0.3 is 10.5 Å². The summed E-state index contributed by atoms with van der Waals surface area (Å²) in [6.07, 6.45) is 3.35. The first-order chi connectivity index (χ1) is 12.0. The van der Waals surface area contributed by atoms with E-state index in [1.165, 1.54) is 10.7 Å². The van der Waals surface area contributed by atoms with Gasteiger partial charge in [-0.25, -0.2) is 14.1 Å². The van der Waals surface area contributed by atoms with Crippen molar-refractivity contribution in [3.63, 3.8) is 0 Å². The van der Waals surface area contributed by atoms with Crippen molar-refractivity contribution in [3.8, 4) is 5.75 Å². The fraction of sp³-hybridized carbons (Fsp3) is 0.111. The first-order valence-electron chi connectivity index (χ1n) is 7.54. The number of rotatable bonds is 5. The van der Waals surface area contributed by atoms with Crippen LogP contribution in [0.4, 0.5) is 10.3 Å². The molecule has 0 saturated heterocycles. The number of hydrogen-bond donors (Lipinski definition) is 1. The molecule has 0 amide bonds. The summed E-state index contributed by atoms with van der Waals surface area (Å²) in [4.78, 5) is 4.09. The smallest absolute Gasteiger partial charge is 0.221 e. The molecule has 2 aromatic carbocycles. The molecule has 0 bridgehead atoms. The second kappa shape index (κ2) is 7.48. The Morgan fingerprint density at radius 3 is 2.84 bits per heavy atom. The Morgan fingerprint density at radius 1 is 1.32 bits per heavy atom. The highest BCUT2D eigenvalue weighted by Crippen LogP contribution is 2.23. The van der Waals surface area contributed by atoms with Crippen LogP contribution in [-0.4, -0.2) is 15.9 Å². The van der Waals surface area contributed by atoms with Gasteiger partial charge in [0.1, 0.15) is 18.2 Å². The van der Waals surface area contributed by atoms with Gasteiger partial charge in [-0.2, -0.15) is 5.10 Å². The lowest BCUT2D eigenvalue weighted by molar-refractivity contribution is 0.299. The summed E-state index contributed by atoms with van der Waals surface area (Å²) in [6.45, 7) is 1.96. The van der Waals surface area contributed by atoms with Gasteiger partial charge in [0.25, 0.3) is 0 Å². The number of hydrogen-bond acceptors (Lipinski definition) is 4. The van der Waals surface area contributed by atoms with E-state index in [4.69, 9.17) is 10.5 Å². The summed E-state index contributed by atoms with van der Waals surface area (Å²) in [7, 11) is 0. The zero-order chi connectivity index (χ0) is 17.8. The first kappa shape index (κ1) is 17.2. The van der Waals surface area contributed by atoms with Gasteiger partial charge in [-0.3, -0.25) is 0 Å². The fourth-order valence-corrected chi connectivity index (χ4v) is 2.62. The average molecular weight is 403 g/mol. The molecule has 0 unspecified atom stereocenters. The van der Waals surface area contributed by atoms with E-state index in [2.05, 4.69) is 26.0 Å². The van der Waals surface area contributed by atoms with Crippen molar-refractivity contribution in [1.82, 2.24) is 9.66 Å². The SMILES string of the molecule is Cc1cn(N=Cc2cc(Br)ccc2OCc2ccccc2F)c(N)n1. The van der Waals surface area contributed by atoms with Crippen molar-refractivity contribution in [2.75, 3.05) is 5.73 Å². The van der Waals surface area contributed by atoms with E-state index in [-0.39, 0.29) is 12.4 Å². The van der Waals surface area contributed by atoms with Crippen molar-refractivity contribution in [2.24, 2.45) is 5.10 Å². The molecule has 3 rings (SSSR count). The highest BCUT2D eigenvalue weighted by molar-refractivity contribution is 9.10.